The fourth-order valence-corrected chi connectivity index (χ4v) is 5.44. The molecule has 2 N–H and O–H groups in total. The van der Waals surface area contributed by atoms with E-state index in [0.717, 1.165) is 18.2 Å². The third-order valence-corrected chi connectivity index (χ3v) is 7.78. The maximum absolute atomic E-state index is 15.6. The Morgan fingerprint density at radius 2 is 1.82 bits per heavy atom. The Kier molecular flexibility index (Phi) is 8.21. The summed E-state index contributed by atoms with van der Waals surface area (Å²) in [4.78, 5) is 20.5. The van der Waals surface area contributed by atoms with Gasteiger partial charge in [0.25, 0.3) is 0 Å². The van der Waals surface area contributed by atoms with Crippen molar-refractivity contribution in [3.63, 3.8) is 0 Å². The number of nitriles is 1. The smallest absolute Gasteiger partial charge is 0.335 e. The van der Waals surface area contributed by atoms with Crippen LogP contribution in [0.3, 0.4) is 0 Å². The quantitative estimate of drug-likeness (QED) is 0.225. The molecule has 3 heterocycles. The number of ether oxygens (including phenoxy) is 2. The van der Waals surface area contributed by atoms with Gasteiger partial charge in [-0.15, -0.1) is 0 Å². The van der Waals surface area contributed by atoms with Gasteiger partial charge in [0, 0.05) is 29.5 Å². The molecule has 12 heteroatoms. The molecule has 6 rings (SSSR count). The van der Waals surface area contributed by atoms with E-state index in [1.165, 1.54) is 36.4 Å². The molecule has 228 valence electrons. The fraction of sp³-hybridized carbons (Fsp3) is 0.212. The second kappa shape index (κ2) is 12.4. The lowest BCUT2D eigenvalue weighted by Gasteiger charge is -2.21. The van der Waals surface area contributed by atoms with Gasteiger partial charge < -0.3 is 24.3 Å². The minimum Gasteiger partial charge on any atom is -0.478 e. The second-order valence-corrected chi connectivity index (χ2v) is 10.6. The zero-order valence-electron chi connectivity index (χ0n) is 23.6. The van der Waals surface area contributed by atoms with E-state index >= 15 is 8.78 Å². The first kappa shape index (κ1) is 29.8. The highest BCUT2D eigenvalue weighted by atomic mass is 19.1. The molecule has 0 bridgehead atoms. The predicted octanol–water partition coefficient (Wildman–Crippen LogP) is 5.44. The second-order valence-electron chi connectivity index (χ2n) is 10.6. The number of aromatic nitrogens is 3. The number of fused-ring (bicyclic) bond motifs is 1. The molecule has 1 fully saturated rings. The number of aliphatic hydroxyl groups is 1. The van der Waals surface area contributed by atoms with Gasteiger partial charge in [0.05, 0.1) is 59.8 Å². The zero-order valence-corrected chi connectivity index (χ0v) is 23.6. The van der Waals surface area contributed by atoms with E-state index in [-0.39, 0.29) is 78.2 Å². The average molecular weight is 615 g/mol. The number of carbonyl (C=O) groups is 1. The van der Waals surface area contributed by atoms with Gasteiger partial charge in [-0.1, -0.05) is 12.1 Å². The number of hydrogen-bond acceptors (Lipinski definition) is 7. The molecule has 2 atom stereocenters. The molecule has 9 nitrogen and oxygen atoms in total. The van der Waals surface area contributed by atoms with Crippen LogP contribution >= 0.6 is 0 Å². The molecule has 1 aliphatic rings. The lowest BCUT2D eigenvalue weighted by molar-refractivity contribution is 0.0697. The number of nitrogens with zero attached hydrogens (tertiary/aromatic N) is 4. The van der Waals surface area contributed by atoms with Crippen molar-refractivity contribution in [3.8, 4) is 23.2 Å². The standard InChI is InChI=1S/C33H25F3N4O5/c34-24-8-18(13-37)4-5-20(24)16-45-32-3-1-2-27(39-32)23-12-25(35)21(9-26(23)36)11-31-38-28-7-6-19(33(42)43)10-29(28)40(31)30-17-44-15-22(30)14-41/h1-10,12,22,30,41H,11,14-17H2,(H,42,43)/t22-,30+/m0/s1. The summed E-state index contributed by atoms with van der Waals surface area (Å²) in [5.74, 6) is -3.08. The Morgan fingerprint density at radius 3 is 2.58 bits per heavy atom. The Balaban J connectivity index is 1.29. The molecule has 0 spiro atoms. The van der Waals surface area contributed by atoms with Gasteiger partial charge in [-0.25, -0.2) is 27.9 Å². The molecule has 0 unspecified atom stereocenters. The lowest BCUT2D eigenvalue weighted by Crippen LogP contribution is -2.23. The number of benzene rings is 3. The number of carboxylic acids is 1. The highest BCUT2D eigenvalue weighted by Crippen LogP contribution is 2.33. The minimum absolute atomic E-state index is 0.00873. The molecule has 0 saturated carbocycles. The first-order valence-corrected chi connectivity index (χ1v) is 13.9. The molecule has 1 aliphatic heterocycles. The van der Waals surface area contributed by atoms with E-state index in [9.17, 15) is 19.4 Å². The van der Waals surface area contributed by atoms with Crippen molar-refractivity contribution in [1.29, 1.82) is 5.26 Å². The number of hydrogen-bond donors (Lipinski definition) is 2. The fourth-order valence-electron chi connectivity index (χ4n) is 5.44. The molecule has 3 aromatic carbocycles. The number of rotatable bonds is 9. The highest BCUT2D eigenvalue weighted by Gasteiger charge is 2.32. The summed E-state index contributed by atoms with van der Waals surface area (Å²) >= 11 is 0. The van der Waals surface area contributed by atoms with Crippen molar-refractivity contribution < 1.29 is 37.7 Å². The van der Waals surface area contributed by atoms with Crippen LogP contribution < -0.4 is 4.74 Å². The van der Waals surface area contributed by atoms with E-state index in [4.69, 9.17) is 14.7 Å². The molecular weight excluding hydrogens is 589 g/mol. The monoisotopic (exact) mass is 614 g/mol. The summed E-state index contributed by atoms with van der Waals surface area (Å²) in [6, 6.07) is 16.5. The van der Waals surface area contributed by atoms with Gasteiger partial charge >= 0.3 is 5.97 Å². The van der Waals surface area contributed by atoms with Crippen molar-refractivity contribution in [2.45, 2.75) is 19.1 Å². The van der Waals surface area contributed by atoms with E-state index in [0.29, 0.717) is 16.9 Å². The molecular formula is C33H25F3N4O5. The zero-order chi connectivity index (χ0) is 31.7. The molecule has 0 radical (unpaired) electrons. The van der Waals surface area contributed by atoms with Crippen LogP contribution in [0.25, 0.3) is 22.3 Å². The van der Waals surface area contributed by atoms with Crippen LogP contribution in [0.1, 0.15) is 38.9 Å². The van der Waals surface area contributed by atoms with Gasteiger partial charge in [0.1, 0.15) is 29.9 Å². The van der Waals surface area contributed by atoms with E-state index in [1.807, 2.05) is 6.07 Å². The first-order chi connectivity index (χ1) is 21.7. The van der Waals surface area contributed by atoms with E-state index < -0.39 is 29.5 Å². The predicted molar refractivity (Wildman–Crippen MR) is 155 cm³/mol. The number of pyridine rings is 1. The van der Waals surface area contributed by atoms with E-state index in [1.54, 1.807) is 16.7 Å². The van der Waals surface area contributed by atoms with Gasteiger partial charge in [0.2, 0.25) is 5.88 Å². The van der Waals surface area contributed by atoms with E-state index in [2.05, 4.69) is 9.97 Å². The van der Waals surface area contributed by atoms with Gasteiger partial charge in [0.15, 0.2) is 0 Å². The van der Waals surface area contributed by atoms with Crippen molar-refractivity contribution in [3.05, 3.63) is 112 Å². The number of aliphatic hydroxyl groups excluding tert-OH is 1. The van der Waals surface area contributed by atoms with Crippen molar-refractivity contribution in [2.75, 3.05) is 19.8 Å². The summed E-state index contributed by atoms with van der Waals surface area (Å²) in [5, 5.41) is 28.4. The van der Waals surface area contributed by atoms with Gasteiger partial charge in [-0.05, 0) is 54.1 Å². The highest BCUT2D eigenvalue weighted by molar-refractivity contribution is 5.92. The van der Waals surface area contributed by atoms with Crippen molar-refractivity contribution in [1.82, 2.24) is 14.5 Å². The van der Waals surface area contributed by atoms with Crippen LogP contribution in [0, 0.1) is 34.7 Å². The van der Waals surface area contributed by atoms with Crippen LogP contribution in [-0.4, -0.2) is 50.5 Å². The van der Waals surface area contributed by atoms with Crippen LogP contribution in [0.15, 0.2) is 66.7 Å². The summed E-state index contributed by atoms with van der Waals surface area (Å²) in [6.07, 6.45) is -0.124. The van der Waals surface area contributed by atoms with Gasteiger partial charge in [-0.3, -0.25) is 0 Å². The van der Waals surface area contributed by atoms with Crippen LogP contribution in [0.4, 0.5) is 13.2 Å². The molecule has 45 heavy (non-hydrogen) atoms. The Hall–Kier alpha value is -5.25. The molecule has 0 amide bonds. The topological polar surface area (TPSA) is 130 Å². The van der Waals surface area contributed by atoms with Crippen molar-refractivity contribution in [2.24, 2.45) is 5.92 Å². The first-order valence-electron chi connectivity index (χ1n) is 13.9. The molecule has 5 aromatic rings. The summed E-state index contributed by atoms with van der Waals surface area (Å²) < 4.78 is 58.3. The normalized spacial score (nSPS) is 16.2. The van der Waals surface area contributed by atoms with Crippen LogP contribution in [-0.2, 0) is 17.8 Å². The largest absolute Gasteiger partial charge is 0.478 e. The Bertz CT molecular complexity index is 1970. The number of imidazole rings is 1. The van der Waals surface area contributed by atoms with Gasteiger partial charge in [-0.2, -0.15) is 5.26 Å². The SMILES string of the molecule is N#Cc1ccc(COc2cccc(-c3cc(F)c(Cc4nc5ccc(C(=O)O)cc5n4[C@@H]4COC[C@@H]4CO)cc3F)n2)c(F)c1. The lowest BCUT2D eigenvalue weighted by atomic mass is 10.0. The molecule has 1 saturated heterocycles. The Labute approximate surface area is 254 Å². The number of halogens is 3. The maximum Gasteiger partial charge on any atom is 0.335 e. The average Bonchev–Trinajstić information content (AvgIpc) is 3.65. The third kappa shape index (κ3) is 5.95. The van der Waals surface area contributed by atoms with Crippen molar-refractivity contribution >= 4 is 17.0 Å². The maximum atomic E-state index is 15.6. The Morgan fingerprint density at radius 1 is 1.00 bits per heavy atom. The molecule has 2 aromatic heterocycles. The van der Waals surface area contributed by atoms with Crippen LogP contribution in [0.2, 0.25) is 0 Å². The molecule has 0 aliphatic carbocycles. The summed E-state index contributed by atoms with van der Waals surface area (Å²) in [6.45, 7) is 0.146. The number of aromatic carboxylic acids is 1. The minimum atomic E-state index is -1.12. The summed E-state index contributed by atoms with van der Waals surface area (Å²) in [5.41, 5.74) is 1.35. The third-order valence-electron chi connectivity index (χ3n) is 7.78. The van der Waals surface area contributed by atoms with Crippen LogP contribution in [0.5, 0.6) is 5.88 Å². The number of carboxylic acid groups (broad SMARTS) is 1. The summed E-state index contributed by atoms with van der Waals surface area (Å²) in [7, 11) is 0.